The predicted molar refractivity (Wildman–Crippen MR) is 111 cm³/mol. The van der Waals surface area contributed by atoms with Crippen molar-refractivity contribution in [3.05, 3.63) is 75.3 Å². The van der Waals surface area contributed by atoms with Crippen molar-refractivity contribution in [2.45, 2.75) is 38.8 Å². The highest BCUT2D eigenvalue weighted by Gasteiger charge is 2.30. The van der Waals surface area contributed by atoms with Crippen molar-refractivity contribution in [2.75, 3.05) is 13.7 Å². The van der Waals surface area contributed by atoms with E-state index in [-0.39, 0.29) is 36.6 Å². The lowest BCUT2D eigenvalue weighted by Crippen LogP contribution is -2.28. The highest BCUT2D eigenvalue weighted by Crippen LogP contribution is 2.31. The van der Waals surface area contributed by atoms with Crippen LogP contribution in [0.1, 0.15) is 36.0 Å². The van der Waals surface area contributed by atoms with Gasteiger partial charge in [0.15, 0.2) is 0 Å². The van der Waals surface area contributed by atoms with E-state index in [1.54, 1.807) is 31.2 Å². The SMILES string of the molecule is CCOC(=O)C(CC(F)F)c1ccc([N+](=O)[O-])cc1CN(C)C(=O)OCc1ccccc1. The fourth-order valence-corrected chi connectivity index (χ4v) is 3.10. The molecule has 32 heavy (non-hydrogen) atoms. The van der Waals surface area contributed by atoms with Crippen LogP contribution in [0.3, 0.4) is 0 Å². The number of rotatable bonds is 10. The zero-order valence-corrected chi connectivity index (χ0v) is 17.7. The number of halogens is 2. The van der Waals surface area contributed by atoms with E-state index in [0.29, 0.717) is 0 Å². The molecule has 8 nitrogen and oxygen atoms in total. The van der Waals surface area contributed by atoms with E-state index in [1.807, 2.05) is 6.07 Å². The maximum Gasteiger partial charge on any atom is 0.410 e. The third-order valence-electron chi connectivity index (χ3n) is 4.62. The van der Waals surface area contributed by atoms with Gasteiger partial charge in [-0.2, -0.15) is 0 Å². The molecule has 0 aliphatic heterocycles. The van der Waals surface area contributed by atoms with Crippen LogP contribution in [0.15, 0.2) is 48.5 Å². The number of hydrogen-bond donors (Lipinski definition) is 0. The molecular weight excluding hydrogens is 426 g/mol. The van der Waals surface area contributed by atoms with Crippen LogP contribution in [0.2, 0.25) is 0 Å². The molecule has 10 heteroatoms. The number of nitro groups is 1. The third-order valence-corrected chi connectivity index (χ3v) is 4.62. The molecule has 0 spiro atoms. The van der Waals surface area contributed by atoms with E-state index in [4.69, 9.17) is 9.47 Å². The zero-order chi connectivity index (χ0) is 23.7. The minimum atomic E-state index is -2.80. The Morgan fingerprint density at radius 2 is 1.81 bits per heavy atom. The largest absolute Gasteiger partial charge is 0.466 e. The van der Waals surface area contributed by atoms with Crippen molar-refractivity contribution in [1.29, 1.82) is 0 Å². The van der Waals surface area contributed by atoms with Crippen molar-refractivity contribution in [2.24, 2.45) is 0 Å². The standard InChI is InChI=1S/C22H24F2N2O6/c1-3-31-21(27)19(12-20(23)24)18-10-9-17(26(29)30)11-16(18)13-25(2)22(28)32-14-15-7-5-4-6-8-15/h4-11,19-20H,3,12-14H2,1-2H3. The Labute approximate surface area is 183 Å². The van der Waals surface area contributed by atoms with Gasteiger partial charge in [-0.1, -0.05) is 36.4 Å². The number of amides is 1. The first-order chi connectivity index (χ1) is 15.2. The third kappa shape index (κ3) is 7.00. The van der Waals surface area contributed by atoms with Crippen LogP contribution >= 0.6 is 0 Å². The van der Waals surface area contributed by atoms with Gasteiger partial charge in [0.05, 0.1) is 17.4 Å². The lowest BCUT2D eigenvalue weighted by atomic mass is 9.91. The van der Waals surface area contributed by atoms with E-state index in [2.05, 4.69) is 0 Å². The van der Waals surface area contributed by atoms with Crippen LogP contribution in [-0.4, -0.2) is 42.0 Å². The highest BCUT2D eigenvalue weighted by molar-refractivity contribution is 5.79. The van der Waals surface area contributed by atoms with Crippen LogP contribution in [0.5, 0.6) is 0 Å². The number of hydrogen-bond acceptors (Lipinski definition) is 6. The molecule has 2 rings (SSSR count). The van der Waals surface area contributed by atoms with Crippen molar-refractivity contribution in [3.8, 4) is 0 Å². The van der Waals surface area contributed by atoms with E-state index in [9.17, 15) is 28.5 Å². The molecule has 0 aromatic heterocycles. The van der Waals surface area contributed by atoms with Gasteiger partial charge in [-0.15, -0.1) is 0 Å². The fourth-order valence-electron chi connectivity index (χ4n) is 3.10. The van der Waals surface area contributed by atoms with Gasteiger partial charge in [-0.25, -0.2) is 13.6 Å². The smallest absolute Gasteiger partial charge is 0.410 e. The fraction of sp³-hybridized carbons (Fsp3) is 0.364. The first-order valence-electron chi connectivity index (χ1n) is 9.86. The van der Waals surface area contributed by atoms with Crippen LogP contribution < -0.4 is 0 Å². The van der Waals surface area contributed by atoms with Crippen molar-refractivity contribution < 1.29 is 32.8 Å². The summed E-state index contributed by atoms with van der Waals surface area (Å²) < 4.78 is 36.5. The van der Waals surface area contributed by atoms with Crippen molar-refractivity contribution >= 4 is 17.7 Å². The Balaban J connectivity index is 2.28. The zero-order valence-electron chi connectivity index (χ0n) is 17.7. The van der Waals surface area contributed by atoms with Crippen LogP contribution in [0.25, 0.3) is 0 Å². The lowest BCUT2D eigenvalue weighted by Gasteiger charge is -2.22. The Kier molecular flexibility index (Phi) is 9.06. The summed E-state index contributed by atoms with van der Waals surface area (Å²) >= 11 is 0. The maximum absolute atomic E-state index is 13.2. The van der Waals surface area contributed by atoms with Gasteiger partial charge in [-0.3, -0.25) is 14.9 Å². The van der Waals surface area contributed by atoms with E-state index >= 15 is 0 Å². The summed E-state index contributed by atoms with van der Waals surface area (Å²) in [6.45, 7) is 1.36. The summed E-state index contributed by atoms with van der Waals surface area (Å²) in [7, 11) is 1.41. The monoisotopic (exact) mass is 450 g/mol. The summed E-state index contributed by atoms with van der Waals surface area (Å²) in [5.41, 5.74) is 0.785. The number of carbonyl (C=O) groups is 2. The van der Waals surface area contributed by atoms with E-state index in [0.717, 1.165) is 22.6 Å². The molecule has 172 valence electrons. The molecule has 1 atom stereocenters. The minimum absolute atomic E-state index is 0.00734. The number of alkyl halides is 2. The van der Waals surface area contributed by atoms with Gasteiger partial charge < -0.3 is 14.4 Å². The lowest BCUT2D eigenvalue weighted by molar-refractivity contribution is -0.384. The molecule has 0 bridgehead atoms. The molecular formula is C22H24F2N2O6. The summed E-state index contributed by atoms with van der Waals surface area (Å²) in [5.74, 6) is -2.20. The molecule has 0 radical (unpaired) electrons. The quantitative estimate of drug-likeness (QED) is 0.296. The molecule has 0 N–H and O–H groups in total. The van der Waals surface area contributed by atoms with Gasteiger partial charge in [0.1, 0.15) is 6.61 Å². The average molecular weight is 450 g/mol. The second-order valence-electron chi connectivity index (χ2n) is 6.97. The highest BCUT2D eigenvalue weighted by atomic mass is 19.3. The van der Waals surface area contributed by atoms with Crippen molar-refractivity contribution in [1.82, 2.24) is 4.90 Å². The average Bonchev–Trinajstić information content (AvgIpc) is 2.76. The van der Waals surface area contributed by atoms with Gasteiger partial charge in [0.25, 0.3) is 5.69 Å². The second kappa shape index (κ2) is 11.7. The first kappa shape index (κ1) is 24.7. The number of esters is 1. The number of non-ortho nitro benzene ring substituents is 1. The summed E-state index contributed by atoms with van der Waals surface area (Å²) in [4.78, 5) is 36.4. The Hall–Kier alpha value is -3.56. The molecule has 2 aromatic rings. The summed E-state index contributed by atoms with van der Waals surface area (Å²) in [6, 6.07) is 12.5. The number of carbonyl (C=O) groups excluding carboxylic acids is 2. The summed E-state index contributed by atoms with van der Waals surface area (Å²) in [5, 5.41) is 11.2. The molecule has 0 saturated heterocycles. The van der Waals surface area contributed by atoms with Gasteiger partial charge in [0.2, 0.25) is 6.43 Å². The Morgan fingerprint density at radius 3 is 2.41 bits per heavy atom. The summed E-state index contributed by atoms with van der Waals surface area (Å²) in [6.07, 6.45) is -4.33. The van der Waals surface area contributed by atoms with Crippen molar-refractivity contribution in [3.63, 3.8) is 0 Å². The molecule has 0 aliphatic rings. The number of nitrogens with zero attached hydrogens (tertiary/aromatic N) is 2. The second-order valence-corrected chi connectivity index (χ2v) is 6.97. The van der Waals surface area contributed by atoms with Gasteiger partial charge in [-0.05, 0) is 23.6 Å². The molecule has 2 aromatic carbocycles. The van der Waals surface area contributed by atoms with E-state index in [1.165, 1.54) is 13.1 Å². The first-order valence-corrected chi connectivity index (χ1v) is 9.86. The van der Waals surface area contributed by atoms with Crippen LogP contribution in [0.4, 0.5) is 19.3 Å². The normalized spacial score (nSPS) is 11.7. The number of benzene rings is 2. The van der Waals surface area contributed by atoms with Crippen LogP contribution in [-0.2, 0) is 27.4 Å². The molecule has 0 fully saturated rings. The maximum atomic E-state index is 13.2. The molecule has 0 aliphatic carbocycles. The Bertz CT molecular complexity index is 939. The molecule has 0 saturated carbocycles. The number of nitro benzene ring substituents is 1. The number of ether oxygens (including phenoxy) is 2. The molecule has 0 heterocycles. The predicted octanol–water partition coefficient (Wildman–Crippen LogP) is 4.67. The molecule has 1 unspecified atom stereocenters. The van der Waals surface area contributed by atoms with Gasteiger partial charge in [0, 0.05) is 32.1 Å². The van der Waals surface area contributed by atoms with E-state index < -0.39 is 35.8 Å². The van der Waals surface area contributed by atoms with Crippen LogP contribution in [0, 0.1) is 10.1 Å². The van der Waals surface area contributed by atoms with Gasteiger partial charge >= 0.3 is 12.1 Å². The molecule has 1 amide bonds. The Morgan fingerprint density at radius 1 is 1.12 bits per heavy atom. The minimum Gasteiger partial charge on any atom is -0.466 e. The topological polar surface area (TPSA) is 99.0 Å².